The second-order valence-electron chi connectivity index (χ2n) is 5.38. The molecule has 0 saturated heterocycles. The minimum atomic E-state index is 0.0847. The van der Waals surface area contributed by atoms with Crippen molar-refractivity contribution < 1.29 is 9.47 Å². The van der Waals surface area contributed by atoms with E-state index in [1.165, 1.54) is 32.1 Å². The molecule has 1 unspecified atom stereocenters. The Labute approximate surface area is 129 Å². The summed E-state index contributed by atoms with van der Waals surface area (Å²) in [7, 11) is 0. The van der Waals surface area contributed by atoms with Crippen LogP contribution >= 0.6 is 0 Å². The smallest absolute Gasteiger partial charge is 0.161 e. The molecule has 0 heterocycles. The van der Waals surface area contributed by atoms with Crippen molar-refractivity contribution in [3.8, 4) is 11.5 Å². The van der Waals surface area contributed by atoms with Crippen LogP contribution in [0, 0.1) is 0 Å². The molecule has 3 nitrogen and oxygen atoms in total. The van der Waals surface area contributed by atoms with E-state index >= 15 is 0 Å². The van der Waals surface area contributed by atoms with Crippen LogP contribution in [-0.4, -0.2) is 13.2 Å². The number of benzene rings is 1. The lowest BCUT2D eigenvalue weighted by Crippen LogP contribution is -2.10. The lowest BCUT2D eigenvalue weighted by Gasteiger charge is -2.16. The molecule has 0 fully saturated rings. The van der Waals surface area contributed by atoms with Crippen molar-refractivity contribution in [2.24, 2.45) is 5.73 Å². The monoisotopic (exact) mass is 293 g/mol. The van der Waals surface area contributed by atoms with Crippen molar-refractivity contribution in [1.82, 2.24) is 0 Å². The number of ether oxygens (including phenoxy) is 2. The molecule has 21 heavy (non-hydrogen) atoms. The van der Waals surface area contributed by atoms with Crippen molar-refractivity contribution in [3.05, 3.63) is 23.8 Å². The van der Waals surface area contributed by atoms with E-state index in [2.05, 4.69) is 13.0 Å². The molecule has 0 bridgehead atoms. The van der Waals surface area contributed by atoms with Gasteiger partial charge in [-0.15, -0.1) is 0 Å². The first-order valence-corrected chi connectivity index (χ1v) is 8.38. The van der Waals surface area contributed by atoms with Crippen LogP contribution < -0.4 is 15.2 Å². The van der Waals surface area contributed by atoms with E-state index < -0.39 is 0 Å². The van der Waals surface area contributed by atoms with Gasteiger partial charge in [0.1, 0.15) is 0 Å². The molecule has 1 rings (SSSR count). The van der Waals surface area contributed by atoms with Gasteiger partial charge < -0.3 is 15.2 Å². The maximum Gasteiger partial charge on any atom is 0.161 e. The number of hydrogen-bond acceptors (Lipinski definition) is 3. The third-order valence-corrected chi connectivity index (χ3v) is 3.61. The second kappa shape index (κ2) is 10.5. The summed E-state index contributed by atoms with van der Waals surface area (Å²) < 4.78 is 11.2. The quantitative estimate of drug-likeness (QED) is 0.593. The first-order chi connectivity index (χ1) is 10.2. The molecule has 120 valence electrons. The zero-order valence-corrected chi connectivity index (χ0v) is 13.9. The van der Waals surface area contributed by atoms with Crippen molar-refractivity contribution >= 4 is 0 Å². The molecular weight excluding hydrogens is 262 g/mol. The van der Waals surface area contributed by atoms with E-state index in [1.54, 1.807) is 0 Å². The first-order valence-electron chi connectivity index (χ1n) is 8.38. The molecule has 3 heteroatoms. The van der Waals surface area contributed by atoms with E-state index in [4.69, 9.17) is 15.2 Å². The molecule has 0 aromatic heterocycles. The summed E-state index contributed by atoms with van der Waals surface area (Å²) in [6.45, 7) is 7.47. The fourth-order valence-electron chi connectivity index (χ4n) is 2.43. The summed E-state index contributed by atoms with van der Waals surface area (Å²) >= 11 is 0. The van der Waals surface area contributed by atoms with E-state index in [0.29, 0.717) is 13.2 Å². The van der Waals surface area contributed by atoms with Crippen LogP contribution in [0.3, 0.4) is 0 Å². The molecule has 1 aromatic rings. The van der Waals surface area contributed by atoms with Gasteiger partial charge in [-0.2, -0.15) is 0 Å². The van der Waals surface area contributed by atoms with E-state index in [1.807, 2.05) is 26.0 Å². The van der Waals surface area contributed by atoms with Crippen LogP contribution in [0.2, 0.25) is 0 Å². The molecule has 0 aliphatic heterocycles. The summed E-state index contributed by atoms with van der Waals surface area (Å²) in [6.07, 6.45) is 7.42. The van der Waals surface area contributed by atoms with Gasteiger partial charge in [0.2, 0.25) is 0 Å². The highest BCUT2D eigenvalue weighted by atomic mass is 16.5. The van der Waals surface area contributed by atoms with Crippen molar-refractivity contribution in [1.29, 1.82) is 0 Å². The highest BCUT2D eigenvalue weighted by Gasteiger charge is 2.11. The summed E-state index contributed by atoms with van der Waals surface area (Å²) in [5, 5.41) is 0. The maximum absolute atomic E-state index is 6.30. The van der Waals surface area contributed by atoms with Gasteiger partial charge in [-0.05, 0) is 38.0 Å². The number of unbranched alkanes of at least 4 members (excludes halogenated alkanes) is 4. The molecular formula is C18H31NO2. The number of nitrogens with two attached hydrogens (primary N) is 1. The first kappa shape index (κ1) is 17.8. The predicted molar refractivity (Wildman–Crippen MR) is 89.1 cm³/mol. The van der Waals surface area contributed by atoms with Gasteiger partial charge in [-0.25, -0.2) is 0 Å². The average Bonchev–Trinajstić information content (AvgIpc) is 2.49. The van der Waals surface area contributed by atoms with Gasteiger partial charge in [-0.3, -0.25) is 0 Å². The Balaban J connectivity index is 2.58. The average molecular weight is 293 g/mol. The standard InChI is InChI=1S/C18H31NO2/c1-4-7-8-9-10-11-16(19)15-12-13-17(20-5-2)18(14-15)21-6-3/h12-14,16H,4-11,19H2,1-3H3. The molecule has 0 spiro atoms. The third-order valence-electron chi connectivity index (χ3n) is 3.61. The minimum absolute atomic E-state index is 0.0847. The van der Waals surface area contributed by atoms with Crippen molar-refractivity contribution in [2.45, 2.75) is 65.3 Å². The Morgan fingerprint density at radius 3 is 2.24 bits per heavy atom. The van der Waals surface area contributed by atoms with Crippen LogP contribution in [0.4, 0.5) is 0 Å². The number of hydrogen-bond donors (Lipinski definition) is 1. The van der Waals surface area contributed by atoms with E-state index in [0.717, 1.165) is 23.5 Å². The van der Waals surface area contributed by atoms with Gasteiger partial charge in [0, 0.05) is 6.04 Å². The molecule has 1 atom stereocenters. The Morgan fingerprint density at radius 2 is 1.57 bits per heavy atom. The van der Waals surface area contributed by atoms with Gasteiger partial charge in [0.15, 0.2) is 11.5 Å². The van der Waals surface area contributed by atoms with Gasteiger partial charge >= 0.3 is 0 Å². The van der Waals surface area contributed by atoms with Gasteiger partial charge in [-0.1, -0.05) is 45.1 Å². The summed E-state index contributed by atoms with van der Waals surface area (Å²) in [6, 6.07) is 6.15. The van der Waals surface area contributed by atoms with E-state index in [-0.39, 0.29) is 6.04 Å². The Kier molecular flexibility index (Phi) is 8.91. The van der Waals surface area contributed by atoms with Crippen LogP contribution in [0.5, 0.6) is 11.5 Å². The number of rotatable bonds is 11. The summed E-state index contributed by atoms with van der Waals surface area (Å²) in [5.74, 6) is 1.61. The molecule has 2 N–H and O–H groups in total. The SMILES string of the molecule is CCCCCCCC(N)c1ccc(OCC)c(OCC)c1. The molecule has 0 saturated carbocycles. The van der Waals surface area contributed by atoms with Crippen molar-refractivity contribution in [3.63, 3.8) is 0 Å². The van der Waals surface area contributed by atoms with Crippen LogP contribution in [-0.2, 0) is 0 Å². The fourth-order valence-corrected chi connectivity index (χ4v) is 2.43. The van der Waals surface area contributed by atoms with Crippen LogP contribution in [0.1, 0.15) is 70.9 Å². The molecule has 0 aliphatic rings. The fraction of sp³-hybridized carbons (Fsp3) is 0.667. The highest BCUT2D eigenvalue weighted by molar-refractivity contribution is 5.43. The molecule has 0 amide bonds. The normalized spacial score (nSPS) is 12.2. The third kappa shape index (κ3) is 6.38. The summed E-state index contributed by atoms with van der Waals surface area (Å²) in [4.78, 5) is 0. The Hall–Kier alpha value is -1.22. The van der Waals surface area contributed by atoms with E-state index in [9.17, 15) is 0 Å². The molecule has 1 aromatic carbocycles. The Bertz CT molecular complexity index is 393. The van der Waals surface area contributed by atoms with Crippen molar-refractivity contribution in [2.75, 3.05) is 13.2 Å². The summed E-state index contributed by atoms with van der Waals surface area (Å²) in [5.41, 5.74) is 7.44. The van der Waals surface area contributed by atoms with Gasteiger partial charge in [0.05, 0.1) is 13.2 Å². The largest absolute Gasteiger partial charge is 0.490 e. The predicted octanol–water partition coefficient (Wildman–Crippen LogP) is 4.84. The zero-order valence-electron chi connectivity index (χ0n) is 13.9. The lowest BCUT2D eigenvalue weighted by atomic mass is 10.00. The zero-order chi connectivity index (χ0) is 15.5. The minimum Gasteiger partial charge on any atom is -0.490 e. The molecule has 0 radical (unpaired) electrons. The molecule has 0 aliphatic carbocycles. The maximum atomic E-state index is 6.30. The second-order valence-corrected chi connectivity index (χ2v) is 5.38. The topological polar surface area (TPSA) is 44.5 Å². The lowest BCUT2D eigenvalue weighted by molar-refractivity contribution is 0.287. The van der Waals surface area contributed by atoms with Crippen LogP contribution in [0.15, 0.2) is 18.2 Å². The highest BCUT2D eigenvalue weighted by Crippen LogP contribution is 2.31. The van der Waals surface area contributed by atoms with Crippen LogP contribution in [0.25, 0.3) is 0 Å². The Morgan fingerprint density at radius 1 is 0.905 bits per heavy atom. The van der Waals surface area contributed by atoms with Gasteiger partial charge in [0.25, 0.3) is 0 Å².